The fourth-order valence-electron chi connectivity index (χ4n) is 3.18. The van der Waals surface area contributed by atoms with Gasteiger partial charge in [0.05, 0.1) is 24.1 Å². The lowest BCUT2D eigenvalue weighted by atomic mass is 10.1. The van der Waals surface area contributed by atoms with Crippen molar-refractivity contribution >= 4 is 11.6 Å². The normalized spacial score (nSPS) is 11.4. The Balaban J connectivity index is 1.63. The molecule has 0 spiro atoms. The minimum absolute atomic E-state index is 0.00712. The van der Waals surface area contributed by atoms with Crippen molar-refractivity contribution in [2.75, 3.05) is 25.1 Å². The number of furan rings is 1. The number of aromatic nitrogens is 3. The predicted octanol–water partition coefficient (Wildman–Crippen LogP) is 5.21. The Labute approximate surface area is 198 Å². The second kappa shape index (κ2) is 10.4. The fourth-order valence-corrected chi connectivity index (χ4v) is 3.18. The molecule has 0 radical (unpaired) electrons. The van der Waals surface area contributed by atoms with Gasteiger partial charge < -0.3 is 19.2 Å². The van der Waals surface area contributed by atoms with Gasteiger partial charge in [-0.15, -0.1) is 5.10 Å². The van der Waals surface area contributed by atoms with Crippen LogP contribution in [-0.2, 0) is 10.9 Å². The largest absolute Gasteiger partial charge is 0.460 e. The van der Waals surface area contributed by atoms with Gasteiger partial charge in [0, 0.05) is 17.9 Å². The van der Waals surface area contributed by atoms with E-state index in [0.29, 0.717) is 24.6 Å². The van der Waals surface area contributed by atoms with Gasteiger partial charge in [0.1, 0.15) is 6.61 Å². The molecule has 4 aromatic rings. The van der Waals surface area contributed by atoms with E-state index < -0.39 is 17.6 Å². The van der Waals surface area contributed by atoms with Gasteiger partial charge in [-0.25, -0.2) is 4.68 Å². The van der Waals surface area contributed by atoms with Crippen LogP contribution in [-0.4, -0.2) is 40.5 Å². The zero-order chi connectivity index (χ0) is 24.8. The molecule has 11 heteroatoms. The van der Waals surface area contributed by atoms with Gasteiger partial charge in [0.15, 0.2) is 11.6 Å². The second-order valence-electron chi connectivity index (χ2n) is 7.23. The number of nitrogens with zero attached hydrogens (tertiary/aromatic N) is 3. The Hall–Kier alpha value is -4.12. The van der Waals surface area contributed by atoms with Crippen molar-refractivity contribution < 1.29 is 31.9 Å². The molecule has 0 fully saturated rings. The third-order valence-corrected chi connectivity index (χ3v) is 4.81. The highest BCUT2D eigenvalue weighted by atomic mass is 19.4. The quantitative estimate of drug-likeness (QED) is 0.327. The molecule has 35 heavy (non-hydrogen) atoms. The Morgan fingerprint density at radius 3 is 2.57 bits per heavy atom. The molecule has 4 rings (SSSR count). The van der Waals surface area contributed by atoms with E-state index in [0.717, 1.165) is 12.1 Å². The lowest BCUT2D eigenvalue weighted by molar-refractivity contribution is -0.137. The van der Waals surface area contributed by atoms with E-state index in [9.17, 15) is 18.0 Å². The van der Waals surface area contributed by atoms with Crippen molar-refractivity contribution in [2.45, 2.75) is 13.1 Å². The van der Waals surface area contributed by atoms with Crippen LogP contribution in [0.3, 0.4) is 0 Å². The molecule has 0 bridgehead atoms. The van der Waals surface area contributed by atoms with E-state index >= 15 is 0 Å². The molecule has 0 saturated carbocycles. The molecule has 0 aliphatic rings. The van der Waals surface area contributed by atoms with Gasteiger partial charge in [-0.3, -0.25) is 4.79 Å². The molecular weight excluding hydrogens is 465 g/mol. The fraction of sp³-hybridized carbons (Fsp3) is 0.208. The standard InChI is InChI=1S/C24H21F3N4O4/c1-2-33-13-14-35-23-29-21(16-5-3-6-17(15-16)24(25,26)27)31(30-23)19-10-8-18(9-11-19)28-22(32)20-7-4-12-34-20/h3-12,15H,2,13-14H2,1H3,(H,28,32). The summed E-state index contributed by atoms with van der Waals surface area (Å²) in [7, 11) is 0. The lowest BCUT2D eigenvalue weighted by Gasteiger charge is -2.10. The maximum Gasteiger partial charge on any atom is 0.416 e. The van der Waals surface area contributed by atoms with E-state index in [4.69, 9.17) is 13.9 Å². The SMILES string of the molecule is CCOCCOc1nc(-c2cccc(C(F)(F)F)c2)n(-c2ccc(NC(=O)c3ccco3)cc2)n1. The molecule has 0 aliphatic heterocycles. The number of carbonyl (C=O) groups excluding carboxylic acids is 1. The van der Waals surface area contributed by atoms with Crippen molar-refractivity contribution in [2.24, 2.45) is 0 Å². The zero-order valence-electron chi connectivity index (χ0n) is 18.6. The molecule has 2 aromatic carbocycles. The number of anilines is 1. The number of alkyl halides is 3. The third-order valence-electron chi connectivity index (χ3n) is 4.81. The maximum atomic E-state index is 13.3. The predicted molar refractivity (Wildman–Crippen MR) is 120 cm³/mol. The molecule has 2 aromatic heterocycles. The molecule has 0 unspecified atom stereocenters. The Bertz CT molecular complexity index is 1270. The highest BCUT2D eigenvalue weighted by Crippen LogP contribution is 2.33. The first-order valence-electron chi connectivity index (χ1n) is 10.7. The molecule has 0 saturated heterocycles. The number of hydrogen-bond acceptors (Lipinski definition) is 6. The highest BCUT2D eigenvalue weighted by molar-refractivity contribution is 6.02. The second-order valence-corrected chi connectivity index (χ2v) is 7.23. The van der Waals surface area contributed by atoms with E-state index in [1.54, 1.807) is 30.3 Å². The van der Waals surface area contributed by atoms with Gasteiger partial charge >= 0.3 is 12.2 Å². The molecule has 0 aliphatic carbocycles. The molecule has 2 heterocycles. The first kappa shape index (κ1) is 24.0. The summed E-state index contributed by atoms with van der Waals surface area (Å²) in [6, 6.07) is 14.5. The van der Waals surface area contributed by atoms with E-state index in [2.05, 4.69) is 15.4 Å². The van der Waals surface area contributed by atoms with Crippen LogP contribution in [0.25, 0.3) is 17.1 Å². The first-order valence-corrected chi connectivity index (χ1v) is 10.7. The van der Waals surface area contributed by atoms with Gasteiger partial charge in [0.2, 0.25) is 0 Å². The van der Waals surface area contributed by atoms with Crippen molar-refractivity contribution in [3.8, 4) is 23.1 Å². The summed E-state index contributed by atoms with van der Waals surface area (Å²) in [5, 5.41) is 7.02. The summed E-state index contributed by atoms with van der Waals surface area (Å²) in [4.78, 5) is 16.5. The van der Waals surface area contributed by atoms with Crippen molar-refractivity contribution in [3.63, 3.8) is 0 Å². The van der Waals surface area contributed by atoms with Gasteiger partial charge in [-0.2, -0.15) is 18.2 Å². The molecule has 1 amide bonds. The van der Waals surface area contributed by atoms with Gasteiger partial charge in [-0.05, 0) is 55.5 Å². The molecule has 0 atom stereocenters. The van der Waals surface area contributed by atoms with Gasteiger partial charge in [-0.1, -0.05) is 12.1 Å². The van der Waals surface area contributed by atoms with Crippen LogP contribution in [0.15, 0.2) is 71.3 Å². The molecule has 182 valence electrons. The van der Waals surface area contributed by atoms with Crippen LogP contribution in [0.2, 0.25) is 0 Å². The average Bonchev–Trinajstić information content (AvgIpc) is 3.53. The molecule has 8 nitrogen and oxygen atoms in total. The molecule has 1 N–H and O–H groups in total. The van der Waals surface area contributed by atoms with E-state index in [1.807, 2.05) is 6.92 Å². The number of carbonyl (C=O) groups is 1. The number of ether oxygens (including phenoxy) is 2. The average molecular weight is 486 g/mol. The minimum atomic E-state index is -4.51. The summed E-state index contributed by atoms with van der Waals surface area (Å²) in [5.74, 6) is -0.0981. The van der Waals surface area contributed by atoms with Crippen molar-refractivity contribution in [1.82, 2.24) is 14.8 Å². The smallest absolute Gasteiger partial charge is 0.416 e. The molecular formula is C24H21F3N4O4. The van der Waals surface area contributed by atoms with Gasteiger partial charge in [0.25, 0.3) is 5.91 Å². The van der Waals surface area contributed by atoms with Crippen LogP contribution < -0.4 is 10.1 Å². The summed E-state index contributed by atoms with van der Waals surface area (Å²) in [6.45, 7) is 2.86. The minimum Gasteiger partial charge on any atom is -0.460 e. The van der Waals surface area contributed by atoms with Crippen LogP contribution in [0.1, 0.15) is 23.0 Å². The van der Waals surface area contributed by atoms with E-state index in [-0.39, 0.29) is 29.8 Å². The number of hydrogen-bond donors (Lipinski definition) is 1. The van der Waals surface area contributed by atoms with Crippen molar-refractivity contribution in [3.05, 3.63) is 78.3 Å². The maximum absolute atomic E-state index is 13.3. The Morgan fingerprint density at radius 1 is 1.09 bits per heavy atom. The van der Waals surface area contributed by atoms with Crippen LogP contribution in [0.4, 0.5) is 18.9 Å². The number of benzene rings is 2. The highest BCUT2D eigenvalue weighted by Gasteiger charge is 2.31. The summed E-state index contributed by atoms with van der Waals surface area (Å²) < 4.78 is 57.1. The topological polar surface area (TPSA) is 91.4 Å². The Morgan fingerprint density at radius 2 is 1.89 bits per heavy atom. The number of amides is 1. The first-order chi connectivity index (χ1) is 16.8. The van der Waals surface area contributed by atoms with Crippen LogP contribution in [0, 0.1) is 0 Å². The monoisotopic (exact) mass is 486 g/mol. The zero-order valence-corrected chi connectivity index (χ0v) is 18.6. The number of halogens is 3. The summed E-state index contributed by atoms with van der Waals surface area (Å²) >= 11 is 0. The number of nitrogens with one attached hydrogen (secondary N) is 1. The van der Waals surface area contributed by atoms with Crippen LogP contribution >= 0.6 is 0 Å². The van der Waals surface area contributed by atoms with E-state index in [1.165, 1.54) is 29.1 Å². The summed E-state index contributed by atoms with van der Waals surface area (Å²) in [6.07, 6.45) is -3.11. The Kier molecular flexibility index (Phi) is 7.16. The summed E-state index contributed by atoms with van der Waals surface area (Å²) in [5.41, 5.74) is 0.395. The van der Waals surface area contributed by atoms with Crippen LogP contribution in [0.5, 0.6) is 6.01 Å². The third kappa shape index (κ3) is 5.87. The number of rotatable bonds is 9. The lowest BCUT2D eigenvalue weighted by Crippen LogP contribution is -2.11. The van der Waals surface area contributed by atoms with Crippen molar-refractivity contribution in [1.29, 1.82) is 0 Å².